The number of rotatable bonds is 9. The van der Waals surface area contributed by atoms with Gasteiger partial charge in [0.25, 0.3) is 0 Å². The van der Waals surface area contributed by atoms with Crippen molar-refractivity contribution in [2.24, 2.45) is 13.0 Å². The van der Waals surface area contributed by atoms with Crippen LogP contribution in [0.3, 0.4) is 0 Å². The fourth-order valence-electron chi connectivity index (χ4n) is 5.13. The Morgan fingerprint density at radius 1 is 1.13 bits per heavy atom. The van der Waals surface area contributed by atoms with Gasteiger partial charge in [-0.1, -0.05) is 25.1 Å². The maximum atomic E-state index is 13.6. The third-order valence-corrected chi connectivity index (χ3v) is 7.57. The van der Waals surface area contributed by atoms with Crippen LogP contribution in [0, 0.1) is 11.7 Å². The maximum absolute atomic E-state index is 13.6. The summed E-state index contributed by atoms with van der Waals surface area (Å²) in [6.45, 7) is 2.07. The first-order valence-electron chi connectivity index (χ1n) is 13.4. The van der Waals surface area contributed by atoms with E-state index < -0.39 is 0 Å². The topological polar surface area (TPSA) is 81.3 Å². The highest BCUT2D eigenvalue weighted by Gasteiger charge is 2.30. The molecule has 2 aromatic carbocycles. The number of nitrogens with zero attached hydrogens (tertiary/aromatic N) is 4. The molecular formula is C31H30FN5O2. The van der Waals surface area contributed by atoms with Crippen molar-refractivity contribution in [2.75, 3.05) is 5.32 Å². The molecule has 5 aromatic rings. The minimum Gasteiger partial charge on any atom is -0.350 e. The second-order valence-corrected chi connectivity index (χ2v) is 10.6. The number of hydrogen-bond acceptors (Lipinski definition) is 4. The molecule has 8 heteroatoms. The molecule has 3 aromatic heterocycles. The van der Waals surface area contributed by atoms with E-state index in [1.165, 1.54) is 6.07 Å². The minimum atomic E-state index is -0.232. The fourth-order valence-corrected chi connectivity index (χ4v) is 5.13. The van der Waals surface area contributed by atoms with Crippen molar-refractivity contribution >= 4 is 34.1 Å². The largest absolute Gasteiger partial charge is 0.350 e. The van der Waals surface area contributed by atoms with Crippen molar-refractivity contribution in [1.29, 1.82) is 0 Å². The quantitative estimate of drug-likeness (QED) is 0.223. The Bertz CT molecular complexity index is 1720. The molecule has 0 aliphatic heterocycles. The molecule has 7 nitrogen and oxygen atoms in total. The van der Waals surface area contributed by atoms with Crippen molar-refractivity contribution in [2.45, 2.75) is 44.9 Å². The van der Waals surface area contributed by atoms with Gasteiger partial charge in [0, 0.05) is 59.9 Å². The molecule has 1 fully saturated rings. The summed E-state index contributed by atoms with van der Waals surface area (Å²) in [5.41, 5.74) is 4.92. The molecule has 0 radical (unpaired) electrons. The van der Waals surface area contributed by atoms with Crippen LogP contribution >= 0.6 is 0 Å². The van der Waals surface area contributed by atoms with E-state index in [4.69, 9.17) is 4.98 Å². The van der Waals surface area contributed by atoms with Gasteiger partial charge in [0.1, 0.15) is 5.82 Å². The third kappa shape index (κ3) is 5.19. The lowest BCUT2D eigenvalue weighted by Crippen LogP contribution is -2.13. The van der Waals surface area contributed by atoms with Crippen molar-refractivity contribution in [1.82, 2.24) is 19.2 Å². The number of hydrogen-bond donors (Lipinski definition) is 1. The number of anilines is 1. The van der Waals surface area contributed by atoms with Gasteiger partial charge in [0.05, 0.1) is 5.69 Å². The molecule has 0 spiro atoms. The monoisotopic (exact) mass is 523 g/mol. The molecular weight excluding hydrogens is 493 g/mol. The van der Waals surface area contributed by atoms with Crippen LogP contribution in [-0.4, -0.2) is 30.9 Å². The van der Waals surface area contributed by atoms with Crippen LogP contribution in [0.4, 0.5) is 10.2 Å². The number of benzene rings is 2. The molecule has 1 saturated carbocycles. The van der Waals surface area contributed by atoms with Crippen LogP contribution < -0.4 is 5.32 Å². The average Bonchev–Trinajstić information content (AvgIpc) is 3.63. The van der Waals surface area contributed by atoms with E-state index in [0.717, 1.165) is 53.4 Å². The van der Waals surface area contributed by atoms with Crippen molar-refractivity contribution in [3.8, 4) is 11.3 Å². The van der Waals surface area contributed by atoms with Crippen LogP contribution in [0.2, 0.25) is 0 Å². The first kappa shape index (κ1) is 25.0. The van der Waals surface area contributed by atoms with Crippen molar-refractivity contribution in [3.05, 3.63) is 83.9 Å². The van der Waals surface area contributed by atoms with E-state index in [9.17, 15) is 14.0 Å². The molecule has 198 valence electrons. The lowest BCUT2D eigenvalue weighted by molar-refractivity contribution is -0.117. The second-order valence-electron chi connectivity index (χ2n) is 10.6. The predicted octanol–water partition coefficient (Wildman–Crippen LogP) is 6.53. The molecule has 1 atom stereocenters. The Morgan fingerprint density at radius 3 is 2.77 bits per heavy atom. The Labute approximate surface area is 225 Å². The summed E-state index contributed by atoms with van der Waals surface area (Å²) in [6.07, 6.45) is 7.55. The number of aryl methyl sites for hydroxylation is 1. The number of nitrogens with one attached hydrogen (secondary N) is 1. The van der Waals surface area contributed by atoms with Gasteiger partial charge in [-0.15, -0.1) is 5.10 Å². The lowest BCUT2D eigenvalue weighted by Gasteiger charge is -2.11. The van der Waals surface area contributed by atoms with Gasteiger partial charge in [0.2, 0.25) is 5.91 Å². The molecule has 1 N–H and O–H groups in total. The molecule has 1 aliphatic carbocycles. The molecule has 0 saturated heterocycles. The van der Waals surface area contributed by atoms with Gasteiger partial charge in [0.15, 0.2) is 17.2 Å². The van der Waals surface area contributed by atoms with E-state index in [1.54, 1.807) is 22.7 Å². The highest BCUT2D eigenvalue weighted by atomic mass is 19.1. The van der Waals surface area contributed by atoms with Gasteiger partial charge in [-0.25, -0.2) is 13.9 Å². The van der Waals surface area contributed by atoms with E-state index in [-0.39, 0.29) is 29.3 Å². The summed E-state index contributed by atoms with van der Waals surface area (Å²) in [4.78, 5) is 30.1. The predicted molar refractivity (Wildman–Crippen MR) is 149 cm³/mol. The molecule has 1 aliphatic rings. The number of halogens is 1. The highest BCUT2D eigenvalue weighted by Crippen LogP contribution is 2.31. The zero-order valence-electron chi connectivity index (χ0n) is 22.0. The zero-order chi connectivity index (χ0) is 27.1. The molecule has 1 amide bonds. The van der Waals surface area contributed by atoms with Crippen LogP contribution in [0.25, 0.3) is 27.8 Å². The van der Waals surface area contributed by atoms with Crippen LogP contribution in [0.5, 0.6) is 0 Å². The highest BCUT2D eigenvalue weighted by molar-refractivity contribution is 6.09. The summed E-state index contributed by atoms with van der Waals surface area (Å²) in [5, 5.41) is 8.17. The van der Waals surface area contributed by atoms with Gasteiger partial charge in [-0.3, -0.25) is 9.59 Å². The van der Waals surface area contributed by atoms with E-state index in [1.807, 2.05) is 54.3 Å². The number of aromatic nitrogens is 4. The standard InChI is InChI=1S/C31H30FN5O2/c1-19(21-6-4-7-23(32)15-21)5-3-8-28(38)25-18-36(2)27-12-11-22(16-24(25)27)26-13-14-37-30(33-26)17-29(35-37)34-31(39)20-9-10-20/h4,6-7,11-20H,3,5,8-10H2,1-2H3,(H,34,35,39)/t19-/m1/s1. The van der Waals surface area contributed by atoms with Crippen LogP contribution in [-0.2, 0) is 11.8 Å². The third-order valence-electron chi connectivity index (χ3n) is 7.57. The van der Waals surface area contributed by atoms with Gasteiger partial charge in [-0.2, -0.15) is 0 Å². The Balaban J connectivity index is 1.20. The van der Waals surface area contributed by atoms with Crippen LogP contribution in [0.1, 0.15) is 60.9 Å². The molecule has 6 rings (SSSR count). The number of ketones is 1. The second kappa shape index (κ2) is 10.1. The zero-order valence-corrected chi connectivity index (χ0v) is 22.0. The van der Waals surface area contributed by atoms with Crippen molar-refractivity contribution in [3.63, 3.8) is 0 Å². The maximum Gasteiger partial charge on any atom is 0.228 e. The summed E-state index contributed by atoms with van der Waals surface area (Å²) in [5.74, 6) is 0.650. The van der Waals surface area contributed by atoms with Gasteiger partial charge >= 0.3 is 0 Å². The normalized spacial score (nSPS) is 14.1. The number of carbonyl (C=O) groups excluding carboxylic acids is 2. The number of amides is 1. The van der Waals surface area contributed by atoms with E-state index >= 15 is 0 Å². The minimum absolute atomic E-state index is 0.00813. The van der Waals surface area contributed by atoms with E-state index in [0.29, 0.717) is 23.4 Å². The summed E-state index contributed by atoms with van der Waals surface area (Å²) >= 11 is 0. The first-order valence-corrected chi connectivity index (χ1v) is 13.4. The summed E-state index contributed by atoms with van der Waals surface area (Å²) in [6, 6.07) is 16.4. The van der Waals surface area contributed by atoms with E-state index in [2.05, 4.69) is 17.3 Å². The average molecular weight is 524 g/mol. The molecule has 0 bridgehead atoms. The summed E-state index contributed by atoms with van der Waals surface area (Å²) < 4.78 is 17.2. The summed E-state index contributed by atoms with van der Waals surface area (Å²) in [7, 11) is 1.94. The van der Waals surface area contributed by atoms with Crippen LogP contribution in [0.15, 0.2) is 67.0 Å². The van der Waals surface area contributed by atoms with Gasteiger partial charge in [-0.05, 0) is 67.5 Å². The Kier molecular flexibility index (Phi) is 6.46. The SMILES string of the molecule is C[C@H](CCCC(=O)c1cn(C)c2ccc(-c3ccn4nc(NC(=O)C5CC5)cc4n3)cc12)c1cccc(F)c1. The van der Waals surface area contributed by atoms with Crippen molar-refractivity contribution < 1.29 is 14.0 Å². The number of carbonyl (C=O) groups is 2. The Morgan fingerprint density at radius 2 is 1.97 bits per heavy atom. The molecule has 39 heavy (non-hydrogen) atoms. The Hall–Kier alpha value is -4.33. The van der Waals surface area contributed by atoms with Gasteiger partial charge < -0.3 is 9.88 Å². The number of fused-ring (bicyclic) bond motifs is 2. The molecule has 3 heterocycles. The lowest BCUT2D eigenvalue weighted by atomic mass is 9.94. The first-order chi connectivity index (χ1) is 18.9. The fraction of sp³-hybridized carbons (Fsp3) is 0.290. The number of Topliss-reactive ketones (excluding diaryl/α,β-unsaturated/α-hetero) is 1. The molecule has 0 unspecified atom stereocenters. The smallest absolute Gasteiger partial charge is 0.228 e.